The van der Waals surface area contributed by atoms with Crippen molar-refractivity contribution in [2.75, 3.05) is 33.8 Å². The second kappa shape index (κ2) is 9.20. The number of hydrogen-bond acceptors (Lipinski definition) is 5. The maximum Gasteiger partial charge on any atom is 0.124 e. The summed E-state index contributed by atoms with van der Waals surface area (Å²) in [6.07, 6.45) is 3.05. The van der Waals surface area contributed by atoms with Crippen molar-refractivity contribution in [3.63, 3.8) is 0 Å². The van der Waals surface area contributed by atoms with Crippen LogP contribution in [0.15, 0.2) is 36.5 Å². The topological polar surface area (TPSA) is 37.8 Å². The summed E-state index contributed by atoms with van der Waals surface area (Å²) in [6, 6.07) is 10.4. The zero-order valence-electron chi connectivity index (χ0n) is 16.9. The van der Waals surface area contributed by atoms with E-state index in [9.17, 15) is 0 Å². The highest BCUT2D eigenvalue weighted by atomic mass is 16.5. The van der Waals surface area contributed by atoms with Crippen LogP contribution >= 0.6 is 0 Å². The smallest absolute Gasteiger partial charge is 0.124 e. The Morgan fingerprint density at radius 2 is 2.04 bits per heavy atom. The van der Waals surface area contributed by atoms with E-state index in [-0.39, 0.29) is 6.10 Å². The maximum absolute atomic E-state index is 5.98. The van der Waals surface area contributed by atoms with Crippen LogP contribution in [-0.4, -0.2) is 54.7 Å². The molecule has 1 aromatic carbocycles. The molecule has 1 aliphatic rings. The zero-order valence-corrected chi connectivity index (χ0v) is 16.9. The summed E-state index contributed by atoms with van der Waals surface area (Å²) in [5.74, 6) is 1.98. The van der Waals surface area contributed by atoms with Crippen LogP contribution in [0.4, 0.5) is 0 Å². The summed E-state index contributed by atoms with van der Waals surface area (Å²) in [5, 5.41) is 0. The van der Waals surface area contributed by atoms with E-state index in [1.165, 1.54) is 11.1 Å². The lowest BCUT2D eigenvalue weighted by molar-refractivity contribution is 0.219. The van der Waals surface area contributed by atoms with Crippen molar-refractivity contribution >= 4 is 0 Å². The molecule has 0 fully saturated rings. The van der Waals surface area contributed by atoms with Crippen molar-refractivity contribution in [3.8, 4) is 11.5 Å². The zero-order chi connectivity index (χ0) is 19.2. The van der Waals surface area contributed by atoms with Gasteiger partial charge >= 0.3 is 0 Å². The average molecular weight is 370 g/mol. The van der Waals surface area contributed by atoms with Crippen LogP contribution in [0, 0.1) is 0 Å². The lowest BCUT2D eigenvalue weighted by Gasteiger charge is -2.25. The molecule has 5 nitrogen and oxygen atoms in total. The molecule has 2 heterocycles. The van der Waals surface area contributed by atoms with E-state index >= 15 is 0 Å². The average Bonchev–Trinajstić information content (AvgIpc) is 3.00. The molecule has 0 amide bonds. The summed E-state index contributed by atoms with van der Waals surface area (Å²) in [4.78, 5) is 9.13. The van der Waals surface area contributed by atoms with Crippen molar-refractivity contribution in [2.45, 2.75) is 39.5 Å². The van der Waals surface area contributed by atoms with Gasteiger partial charge in [-0.05, 0) is 52.2 Å². The first kappa shape index (κ1) is 19.6. The van der Waals surface area contributed by atoms with Crippen molar-refractivity contribution in [3.05, 3.63) is 53.3 Å². The first-order chi connectivity index (χ1) is 13.0. The van der Waals surface area contributed by atoms with Crippen molar-refractivity contribution in [2.24, 2.45) is 0 Å². The van der Waals surface area contributed by atoms with E-state index in [0.717, 1.165) is 49.8 Å². The van der Waals surface area contributed by atoms with Crippen LogP contribution < -0.4 is 9.47 Å². The monoisotopic (exact) mass is 369 g/mol. The third-order valence-electron chi connectivity index (χ3n) is 4.75. The minimum Gasteiger partial charge on any atom is -0.494 e. The molecule has 1 atom stereocenters. The van der Waals surface area contributed by atoms with Gasteiger partial charge in [-0.3, -0.25) is 9.88 Å². The second-order valence-electron chi connectivity index (χ2n) is 7.47. The fourth-order valence-corrected chi connectivity index (χ4v) is 3.41. The van der Waals surface area contributed by atoms with Gasteiger partial charge in [0.25, 0.3) is 0 Å². The van der Waals surface area contributed by atoms with E-state index < -0.39 is 0 Å². The van der Waals surface area contributed by atoms with Gasteiger partial charge in [0, 0.05) is 49.9 Å². The Hall–Kier alpha value is -2.11. The Morgan fingerprint density at radius 1 is 1.19 bits per heavy atom. The molecular formula is C22H31N3O2. The molecule has 27 heavy (non-hydrogen) atoms. The largest absolute Gasteiger partial charge is 0.494 e. The van der Waals surface area contributed by atoms with E-state index in [4.69, 9.17) is 9.47 Å². The van der Waals surface area contributed by atoms with Gasteiger partial charge < -0.3 is 14.4 Å². The second-order valence-corrected chi connectivity index (χ2v) is 7.47. The van der Waals surface area contributed by atoms with Crippen molar-refractivity contribution in [1.82, 2.24) is 14.8 Å². The van der Waals surface area contributed by atoms with Gasteiger partial charge in [0.2, 0.25) is 0 Å². The summed E-state index contributed by atoms with van der Waals surface area (Å²) in [7, 11) is 4.21. The minimum absolute atomic E-state index is 0.239. The minimum atomic E-state index is 0.239. The van der Waals surface area contributed by atoms with Gasteiger partial charge in [-0.15, -0.1) is 0 Å². The Morgan fingerprint density at radius 3 is 2.74 bits per heavy atom. The predicted molar refractivity (Wildman–Crippen MR) is 108 cm³/mol. The molecule has 0 N–H and O–H groups in total. The molecule has 0 saturated heterocycles. The molecular weight excluding hydrogens is 338 g/mol. The van der Waals surface area contributed by atoms with Crippen LogP contribution in [0.5, 0.6) is 11.5 Å². The number of ether oxygens (including phenoxy) is 2. The lowest BCUT2D eigenvalue weighted by Crippen LogP contribution is -2.31. The van der Waals surface area contributed by atoms with Gasteiger partial charge in [-0.2, -0.15) is 0 Å². The van der Waals surface area contributed by atoms with Crippen LogP contribution in [0.3, 0.4) is 0 Å². The summed E-state index contributed by atoms with van der Waals surface area (Å²) in [6.45, 7) is 8.40. The summed E-state index contributed by atoms with van der Waals surface area (Å²) < 4.78 is 11.9. The number of nitrogens with zero attached hydrogens (tertiary/aromatic N) is 3. The van der Waals surface area contributed by atoms with Gasteiger partial charge in [0.05, 0.1) is 12.3 Å². The molecule has 5 heteroatoms. The Balaban J connectivity index is 1.82. The highest BCUT2D eigenvalue weighted by Crippen LogP contribution is 2.35. The number of fused-ring (bicyclic) bond motifs is 1. The van der Waals surface area contributed by atoms with Gasteiger partial charge in [0.1, 0.15) is 17.6 Å². The number of pyridine rings is 1. The molecule has 1 aliphatic heterocycles. The number of aromatic nitrogens is 1. The number of rotatable bonds is 9. The highest BCUT2D eigenvalue weighted by molar-refractivity contribution is 5.48. The van der Waals surface area contributed by atoms with Gasteiger partial charge in [-0.1, -0.05) is 6.07 Å². The molecule has 0 bridgehead atoms. The fourth-order valence-electron chi connectivity index (χ4n) is 3.41. The maximum atomic E-state index is 5.98. The van der Waals surface area contributed by atoms with E-state index in [2.05, 4.69) is 54.0 Å². The fraction of sp³-hybridized carbons (Fsp3) is 0.500. The van der Waals surface area contributed by atoms with Gasteiger partial charge in [-0.25, -0.2) is 0 Å². The molecule has 0 radical (unpaired) electrons. The third kappa shape index (κ3) is 5.44. The lowest BCUT2D eigenvalue weighted by atomic mass is 10.1. The molecule has 2 aromatic rings. The van der Waals surface area contributed by atoms with Crippen LogP contribution in [0.25, 0.3) is 0 Å². The molecule has 0 unspecified atom stereocenters. The van der Waals surface area contributed by atoms with Crippen molar-refractivity contribution in [1.29, 1.82) is 0 Å². The quantitative estimate of drug-likeness (QED) is 0.678. The normalized spacial score (nSPS) is 15.9. The number of likely N-dealkylation sites (N-methyl/N-ethyl adjacent to an activating group) is 1. The first-order valence-corrected chi connectivity index (χ1v) is 9.77. The Kier molecular flexibility index (Phi) is 6.69. The Bertz CT molecular complexity index is 734. The number of benzene rings is 1. The molecule has 0 aliphatic carbocycles. The van der Waals surface area contributed by atoms with Crippen molar-refractivity contribution < 1.29 is 9.47 Å². The summed E-state index contributed by atoms with van der Waals surface area (Å²) >= 11 is 0. The first-order valence-electron chi connectivity index (χ1n) is 9.77. The molecule has 146 valence electrons. The summed E-state index contributed by atoms with van der Waals surface area (Å²) in [5.41, 5.74) is 3.51. The SMILES string of the molecule is CCOc1cc2c(cc1CN(CCN(C)C)Cc1ccccn1)O[C@@H](C)C2. The third-order valence-corrected chi connectivity index (χ3v) is 4.75. The molecule has 0 spiro atoms. The highest BCUT2D eigenvalue weighted by Gasteiger charge is 2.23. The van der Waals surface area contributed by atoms with E-state index in [1.54, 1.807) is 0 Å². The molecule has 3 rings (SSSR count). The molecule has 1 aromatic heterocycles. The number of hydrogen-bond donors (Lipinski definition) is 0. The van der Waals surface area contributed by atoms with E-state index in [0.29, 0.717) is 6.61 Å². The van der Waals surface area contributed by atoms with E-state index in [1.807, 2.05) is 25.3 Å². The van der Waals surface area contributed by atoms with Crippen LogP contribution in [-0.2, 0) is 19.5 Å². The van der Waals surface area contributed by atoms with Crippen LogP contribution in [0.1, 0.15) is 30.7 Å². The molecule has 0 saturated carbocycles. The van der Waals surface area contributed by atoms with Crippen LogP contribution in [0.2, 0.25) is 0 Å². The standard InChI is InChI=1S/C22H31N3O2/c1-5-26-21-13-18-12-17(2)27-22(18)14-19(21)15-25(11-10-24(3)4)16-20-8-6-7-9-23-20/h6-9,13-14,17H,5,10-12,15-16H2,1-4H3/t17-/m0/s1. The van der Waals surface area contributed by atoms with Gasteiger partial charge in [0.15, 0.2) is 0 Å². The predicted octanol–water partition coefficient (Wildman–Crippen LogP) is 3.37. The Labute approximate surface area is 162 Å².